The molecule has 134 valence electrons. The Bertz CT molecular complexity index is 1080. The Labute approximate surface area is 156 Å². The minimum absolute atomic E-state index is 0.520. The molecule has 3 rings (SSSR count). The SMILES string of the molecule is C=NC(=C\C(=C/C)c1cnc2[nH]cc(-c3ccncn3)c2c1)/C=C/C(N)=O. The van der Waals surface area contributed by atoms with Crippen LogP contribution in [0.15, 0.2) is 72.0 Å². The maximum atomic E-state index is 10.9. The van der Waals surface area contributed by atoms with E-state index in [4.69, 9.17) is 5.73 Å². The fourth-order valence-electron chi connectivity index (χ4n) is 2.63. The molecule has 0 aliphatic carbocycles. The number of fused-ring (bicyclic) bond motifs is 1. The lowest BCUT2D eigenvalue weighted by Gasteiger charge is -2.05. The highest BCUT2D eigenvalue weighted by molar-refractivity contribution is 5.95. The Kier molecular flexibility index (Phi) is 5.32. The van der Waals surface area contributed by atoms with Crippen molar-refractivity contribution in [3.05, 3.63) is 72.6 Å². The molecule has 0 aromatic carbocycles. The van der Waals surface area contributed by atoms with E-state index in [-0.39, 0.29) is 0 Å². The normalized spacial score (nSPS) is 12.6. The lowest BCUT2D eigenvalue weighted by Crippen LogP contribution is -2.05. The first-order valence-corrected chi connectivity index (χ1v) is 8.18. The quantitative estimate of drug-likeness (QED) is 0.401. The molecule has 27 heavy (non-hydrogen) atoms. The van der Waals surface area contributed by atoms with E-state index in [1.807, 2.05) is 37.4 Å². The standard InChI is InChI=1S/C20H18N6O/c1-3-13(8-15(22-2)4-5-19(21)27)14-9-16-17(11-25-20(16)24-10-14)18-6-7-23-12-26-18/h3-12H,2H2,1H3,(H2,21,27)(H,24,25)/b5-4+,13-3+,15-8-. The molecular formula is C20H18N6O. The van der Waals surface area contributed by atoms with Gasteiger partial charge in [-0.15, -0.1) is 0 Å². The topological polar surface area (TPSA) is 110 Å². The monoisotopic (exact) mass is 358 g/mol. The van der Waals surface area contributed by atoms with E-state index >= 15 is 0 Å². The minimum atomic E-state index is -0.545. The van der Waals surface area contributed by atoms with Crippen LogP contribution in [0.4, 0.5) is 0 Å². The van der Waals surface area contributed by atoms with Gasteiger partial charge in [-0.2, -0.15) is 0 Å². The third-order valence-corrected chi connectivity index (χ3v) is 3.94. The van der Waals surface area contributed by atoms with Crippen molar-refractivity contribution in [3.8, 4) is 11.3 Å². The van der Waals surface area contributed by atoms with Crippen molar-refractivity contribution >= 4 is 29.2 Å². The lowest BCUT2D eigenvalue weighted by molar-refractivity contribution is -0.113. The molecule has 0 unspecified atom stereocenters. The van der Waals surface area contributed by atoms with Gasteiger partial charge < -0.3 is 10.7 Å². The molecule has 0 spiro atoms. The fourth-order valence-corrected chi connectivity index (χ4v) is 2.63. The first-order chi connectivity index (χ1) is 13.1. The van der Waals surface area contributed by atoms with E-state index in [1.165, 1.54) is 18.5 Å². The summed E-state index contributed by atoms with van der Waals surface area (Å²) >= 11 is 0. The van der Waals surface area contributed by atoms with Crippen molar-refractivity contribution in [2.45, 2.75) is 6.92 Å². The zero-order valence-corrected chi connectivity index (χ0v) is 14.8. The van der Waals surface area contributed by atoms with E-state index < -0.39 is 5.91 Å². The number of carbonyl (C=O) groups is 1. The molecule has 0 radical (unpaired) electrons. The van der Waals surface area contributed by atoms with Crippen LogP contribution in [0.3, 0.4) is 0 Å². The maximum Gasteiger partial charge on any atom is 0.241 e. The van der Waals surface area contributed by atoms with Crippen LogP contribution < -0.4 is 5.73 Å². The number of carbonyl (C=O) groups excluding carboxylic acids is 1. The van der Waals surface area contributed by atoms with Crippen molar-refractivity contribution in [3.63, 3.8) is 0 Å². The molecule has 0 atom stereocenters. The summed E-state index contributed by atoms with van der Waals surface area (Å²) in [6.07, 6.45) is 13.4. The summed E-state index contributed by atoms with van der Waals surface area (Å²) in [5, 5.41) is 0.944. The second kappa shape index (κ2) is 8.01. The highest BCUT2D eigenvalue weighted by atomic mass is 16.1. The molecular weight excluding hydrogens is 340 g/mol. The number of pyridine rings is 1. The molecule has 3 aromatic heterocycles. The number of hydrogen-bond acceptors (Lipinski definition) is 5. The number of aliphatic imine (C=N–C) groups is 1. The maximum absolute atomic E-state index is 10.9. The Balaban J connectivity index is 2.05. The van der Waals surface area contributed by atoms with E-state index in [1.54, 1.807) is 12.4 Å². The lowest BCUT2D eigenvalue weighted by atomic mass is 10.0. The first-order valence-electron chi connectivity index (χ1n) is 8.18. The van der Waals surface area contributed by atoms with Gasteiger partial charge in [-0.3, -0.25) is 9.79 Å². The highest BCUT2D eigenvalue weighted by Gasteiger charge is 2.10. The number of amides is 1. The number of nitrogens with zero attached hydrogens (tertiary/aromatic N) is 4. The van der Waals surface area contributed by atoms with Gasteiger partial charge in [0, 0.05) is 41.2 Å². The summed E-state index contributed by atoms with van der Waals surface area (Å²) in [5.74, 6) is -0.545. The van der Waals surface area contributed by atoms with Gasteiger partial charge in [0.1, 0.15) is 12.0 Å². The average Bonchev–Trinajstić information content (AvgIpc) is 3.12. The molecule has 7 heteroatoms. The van der Waals surface area contributed by atoms with Crippen LogP contribution in [-0.4, -0.2) is 32.6 Å². The van der Waals surface area contributed by atoms with Crippen LogP contribution in [0.1, 0.15) is 12.5 Å². The number of primary amides is 1. The zero-order valence-electron chi connectivity index (χ0n) is 14.8. The molecule has 1 amide bonds. The molecule has 0 fully saturated rings. The van der Waals surface area contributed by atoms with Gasteiger partial charge in [0.15, 0.2) is 0 Å². The van der Waals surface area contributed by atoms with Gasteiger partial charge in [0.25, 0.3) is 0 Å². The highest BCUT2D eigenvalue weighted by Crippen LogP contribution is 2.29. The van der Waals surface area contributed by atoms with Gasteiger partial charge >= 0.3 is 0 Å². The van der Waals surface area contributed by atoms with Gasteiger partial charge in [-0.05, 0) is 43.5 Å². The molecule has 0 aliphatic heterocycles. The van der Waals surface area contributed by atoms with E-state index in [0.717, 1.165) is 33.4 Å². The number of nitrogens with two attached hydrogens (primary N) is 1. The molecule has 3 N–H and O–H groups in total. The van der Waals surface area contributed by atoms with Crippen molar-refractivity contribution < 1.29 is 4.79 Å². The van der Waals surface area contributed by atoms with Crippen molar-refractivity contribution in [1.82, 2.24) is 19.9 Å². The van der Waals surface area contributed by atoms with Crippen LogP contribution in [-0.2, 0) is 4.79 Å². The van der Waals surface area contributed by atoms with Crippen LogP contribution in [0.25, 0.3) is 27.9 Å². The number of nitrogens with one attached hydrogen (secondary N) is 1. The number of allylic oxidation sites excluding steroid dienone is 4. The van der Waals surface area contributed by atoms with Crippen LogP contribution in [0.2, 0.25) is 0 Å². The number of aromatic amines is 1. The predicted molar refractivity (Wildman–Crippen MR) is 107 cm³/mol. The zero-order chi connectivity index (χ0) is 19.2. The van der Waals surface area contributed by atoms with Crippen molar-refractivity contribution in [2.24, 2.45) is 10.7 Å². The van der Waals surface area contributed by atoms with Crippen molar-refractivity contribution in [2.75, 3.05) is 0 Å². The van der Waals surface area contributed by atoms with Gasteiger partial charge in [0.2, 0.25) is 5.91 Å². The van der Waals surface area contributed by atoms with Crippen molar-refractivity contribution in [1.29, 1.82) is 0 Å². The van der Waals surface area contributed by atoms with Crippen LogP contribution >= 0.6 is 0 Å². The average molecular weight is 358 g/mol. The fraction of sp³-hybridized carbons (Fsp3) is 0.0500. The van der Waals surface area contributed by atoms with Crippen LogP contribution in [0, 0.1) is 0 Å². The third-order valence-electron chi connectivity index (χ3n) is 3.94. The Morgan fingerprint density at radius 3 is 2.85 bits per heavy atom. The Morgan fingerprint density at radius 1 is 1.33 bits per heavy atom. The number of hydrogen-bond donors (Lipinski definition) is 2. The summed E-state index contributed by atoms with van der Waals surface area (Å²) in [6, 6.07) is 3.88. The molecule has 0 aliphatic rings. The third kappa shape index (κ3) is 4.04. The minimum Gasteiger partial charge on any atom is -0.366 e. The Morgan fingerprint density at radius 2 is 2.19 bits per heavy atom. The van der Waals surface area contributed by atoms with Gasteiger partial charge in [0.05, 0.1) is 11.4 Å². The molecule has 3 aromatic rings. The van der Waals surface area contributed by atoms with Crippen LogP contribution in [0.5, 0.6) is 0 Å². The molecule has 0 saturated heterocycles. The number of H-pyrrole nitrogens is 1. The largest absolute Gasteiger partial charge is 0.366 e. The molecule has 3 heterocycles. The second-order valence-corrected chi connectivity index (χ2v) is 5.62. The first kappa shape index (κ1) is 17.9. The summed E-state index contributed by atoms with van der Waals surface area (Å²) in [6.45, 7) is 5.45. The van der Waals surface area contributed by atoms with Gasteiger partial charge in [-0.1, -0.05) is 6.08 Å². The molecule has 0 saturated carbocycles. The number of aromatic nitrogens is 4. The summed E-state index contributed by atoms with van der Waals surface area (Å²) in [4.78, 5) is 30.8. The summed E-state index contributed by atoms with van der Waals surface area (Å²) in [7, 11) is 0. The summed E-state index contributed by atoms with van der Waals surface area (Å²) in [5.41, 5.74) is 9.96. The van der Waals surface area contributed by atoms with E-state index in [0.29, 0.717) is 5.70 Å². The Hall–Kier alpha value is -3.87. The molecule has 7 nitrogen and oxygen atoms in total. The van der Waals surface area contributed by atoms with E-state index in [9.17, 15) is 4.79 Å². The predicted octanol–water partition coefficient (Wildman–Crippen LogP) is 3.05. The van der Waals surface area contributed by atoms with E-state index in [2.05, 4.69) is 31.6 Å². The number of rotatable bonds is 6. The second-order valence-electron chi connectivity index (χ2n) is 5.62. The summed E-state index contributed by atoms with van der Waals surface area (Å²) < 4.78 is 0. The smallest absolute Gasteiger partial charge is 0.241 e. The molecule has 0 bridgehead atoms. The van der Waals surface area contributed by atoms with Gasteiger partial charge in [-0.25, -0.2) is 15.0 Å².